The molecule has 0 aliphatic rings. The number of carbonyl (C=O) groups is 2. The number of rotatable bonds is 6. The summed E-state index contributed by atoms with van der Waals surface area (Å²) < 4.78 is 17.6. The molecule has 0 aromatic heterocycles. The first-order valence-corrected chi connectivity index (χ1v) is 7.46. The highest BCUT2D eigenvalue weighted by Crippen LogP contribution is 2.07. The van der Waals surface area contributed by atoms with Gasteiger partial charge in [-0.15, -0.1) is 0 Å². The van der Waals surface area contributed by atoms with Crippen molar-refractivity contribution in [2.45, 2.75) is 12.5 Å². The summed E-state index contributed by atoms with van der Waals surface area (Å²) in [6.45, 7) is 0. The second kappa shape index (κ2) is 8.62. The van der Waals surface area contributed by atoms with Crippen LogP contribution in [0.4, 0.5) is 4.39 Å². The lowest BCUT2D eigenvalue weighted by molar-refractivity contribution is -0.142. The van der Waals surface area contributed by atoms with Crippen LogP contribution in [0.2, 0.25) is 0 Å². The van der Waals surface area contributed by atoms with Gasteiger partial charge in [-0.25, -0.2) is 9.18 Å². The summed E-state index contributed by atoms with van der Waals surface area (Å²) >= 11 is 0. The van der Waals surface area contributed by atoms with Crippen molar-refractivity contribution in [1.29, 1.82) is 0 Å². The SMILES string of the molecule is COC(=O)[C@@H](C/C=C/c1ccccc1)NC(=O)c1ccc(F)cc1. The van der Waals surface area contributed by atoms with Gasteiger partial charge in [0.2, 0.25) is 0 Å². The first-order chi connectivity index (χ1) is 11.6. The summed E-state index contributed by atoms with van der Waals surface area (Å²) in [6.07, 6.45) is 3.94. The molecule has 1 N–H and O–H groups in total. The summed E-state index contributed by atoms with van der Waals surface area (Å²) in [5.74, 6) is -1.43. The zero-order valence-electron chi connectivity index (χ0n) is 13.2. The maximum Gasteiger partial charge on any atom is 0.328 e. The number of hydrogen-bond donors (Lipinski definition) is 1. The second-order valence-corrected chi connectivity index (χ2v) is 5.10. The van der Waals surface area contributed by atoms with Crippen LogP contribution in [0.3, 0.4) is 0 Å². The molecule has 2 aromatic rings. The maximum absolute atomic E-state index is 12.9. The van der Waals surface area contributed by atoms with E-state index in [1.165, 1.54) is 31.4 Å². The zero-order valence-corrected chi connectivity index (χ0v) is 13.2. The van der Waals surface area contributed by atoms with Gasteiger partial charge in [0.1, 0.15) is 11.9 Å². The van der Waals surface area contributed by atoms with E-state index in [-0.39, 0.29) is 12.0 Å². The molecule has 0 saturated heterocycles. The van der Waals surface area contributed by atoms with Gasteiger partial charge in [-0.2, -0.15) is 0 Å². The molecule has 0 radical (unpaired) electrons. The fraction of sp³-hybridized carbons (Fsp3) is 0.158. The van der Waals surface area contributed by atoms with Crippen LogP contribution >= 0.6 is 0 Å². The van der Waals surface area contributed by atoms with Crippen LogP contribution < -0.4 is 5.32 Å². The normalized spacial score (nSPS) is 11.9. The highest BCUT2D eigenvalue weighted by molar-refractivity contribution is 5.96. The van der Waals surface area contributed by atoms with Crippen LogP contribution in [-0.2, 0) is 9.53 Å². The number of nitrogens with one attached hydrogen (secondary N) is 1. The van der Waals surface area contributed by atoms with Gasteiger partial charge in [-0.3, -0.25) is 4.79 Å². The summed E-state index contributed by atoms with van der Waals surface area (Å²) in [6, 6.07) is 13.9. The van der Waals surface area contributed by atoms with Gasteiger partial charge in [0.15, 0.2) is 0 Å². The zero-order chi connectivity index (χ0) is 17.4. The highest BCUT2D eigenvalue weighted by Gasteiger charge is 2.20. The molecular formula is C19H18FNO3. The third kappa shape index (κ3) is 5.05. The second-order valence-electron chi connectivity index (χ2n) is 5.10. The van der Waals surface area contributed by atoms with Gasteiger partial charge in [-0.05, 0) is 36.2 Å². The number of benzene rings is 2. The molecule has 4 nitrogen and oxygen atoms in total. The topological polar surface area (TPSA) is 55.4 Å². The lowest BCUT2D eigenvalue weighted by Crippen LogP contribution is -2.41. The van der Waals surface area contributed by atoms with E-state index in [1.807, 2.05) is 36.4 Å². The van der Waals surface area contributed by atoms with Gasteiger partial charge < -0.3 is 10.1 Å². The molecule has 0 aliphatic carbocycles. The van der Waals surface area contributed by atoms with E-state index in [4.69, 9.17) is 4.74 Å². The Bertz CT molecular complexity index is 711. The quantitative estimate of drug-likeness (QED) is 0.829. The van der Waals surface area contributed by atoms with Crippen molar-refractivity contribution in [3.8, 4) is 0 Å². The lowest BCUT2D eigenvalue weighted by atomic mass is 10.1. The third-order valence-corrected chi connectivity index (χ3v) is 3.38. The molecule has 0 spiro atoms. The third-order valence-electron chi connectivity index (χ3n) is 3.38. The minimum atomic E-state index is -0.812. The molecule has 0 heterocycles. The van der Waals surface area contributed by atoms with E-state index in [0.717, 1.165) is 5.56 Å². The molecule has 2 rings (SSSR count). The molecule has 2 aromatic carbocycles. The minimum absolute atomic E-state index is 0.275. The Kier molecular flexibility index (Phi) is 6.25. The van der Waals surface area contributed by atoms with E-state index in [2.05, 4.69) is 5.32 Å². The molecule has 24 heavy (non-hydrogen) atoms. The Balaban J connectivity index is 2.02. The fourth-order valence-electron chi connectivity index (χ4n) is 2.10. The molecule has 0 fully saturated rings. The molecule has 0 aliphatic heterocycles. The van der Waals surface area contributed by atoms with E-state index in [0.29, 0.717) is 0 Å². The van der Waals surface area contributed by atoms with Crippen LogP contribution in [-0.4, -0.2) is 25.0 Å². The Morgan fingerprint density at radius 3 is 2.42 bits per heavy atom. The number of halogens is 1. The van der Waals surface area contributed by atoms with Crippen molar-refractivity contribution >= 4 is 18.0 Å². The van der Waals surface area contributed by atoms with Crippen molar-refractivity contribution in [2.75, 3.05) is 7.11 Å². The Morgan fingerprint density at radius 1 is 1.12 bits per heavy atom. The Hall–Kier alpha value is -2.95. The minimum Gasteiger partial charge on any atom is -0.467 e. The summed E-state index contributed by atoms with van der Waals surface area (Å²) in [4.78, 5) is 24.0. The van der Waals surface area contributed by atoms with Gasteiger partial charge in [0, 0.05) is 5.56 Å². The number of hydrogen-bond acceptors (Lipinski definition) is 3. The molecular weight excluding hydrogens is 309 g/mol. The average Bonchev–Trinajstić information content (AvgIpc) is 2.61. The van der Waals surface area contributed by atoms with Crippen molar-refractivity contribution in [1.82, 2.24) is 5.32 Å². The Labute approximate surface area is 140 Å². The largest absolute Gasteiger partial charge is 0.467 e. The van der Waals surface area contributed by atoms with Gasteiger partial charge >= 0.3 is 5.97 Å². The van der Waals surface area contributed by atoms with Crippen LogP contribution in [0, 0.1) is 5.82 Å². The van der Waals surface area contributed by atoms with Crippen LogP contribution in [0.25, 0.3) is 6.08 Å². The Morgan fingerprint density at radius 2 is 1.79 bits per heavy atom. The van der Waals surface area contributed by atoms with E-state index >= 15 is 0 Å². The monoisotopic (exact) mass is 327 g/mol. The van der Waals surface area contributed by atoms with Crippen LogP contribution in [0.1, 0.15) is 22.3 Å². The predicted molar refractivity (Wildman–Crippen MR) is 89.8 cm³/mol. The van der Waals surface area contributed by atoms with Crippen molar-refractivity contribution < 1.29 is 18.7 Å². The lowest BCUT2D eigenvalue weighted by Gasteiger charge is -2.15. The first-order valence-electron chi connectivity index (χ1n) is 7.46. The smallest absolute Gasteiger partial charge is 0.328 e. The molecule has 0 unspecified atom stereocenters. The van der Waals surface area contributed by atoms with E-state index in [1.54, 1.807) is 6.08 Å². The fourth-order valence-corrected chi connectivity index (χ4v) is 2.10. The van der Waals surface area contributed by atoms with Crippen molar-refractivity contribution in [2.24, 2.45) is 0 Å². The standard InChI is InChI=1S/C19H18FNO3/c1-24-19(23)17(9-5-8-14-6-3-2-4-7-14)21-18(22)15-10-12-16(20)13-11-15/h2-8,10-13,17H,9H2,1H3,(H,21,22)/b8-5+/t17-/m1/s1. The van der Waals surface area contributed by atoms with Crippen LogP contribution in [0.15, 0.2) is 60.7 Å². The maximum atomic E-state index is 12.9. The number of esters is 1. The van der Waals surface area contributed by atoms with E-state index < -0.39 is 23.7 Å². The van der Waals surface area contributed by atoms with Gasteiger partial charge in [0.25, 0.3) is 5.91 Å². The summed E-state index contributed by atoms with van der Waals surface area (Å²) in [5, 5.41) is 2.60. The predicted octanol–water partition coefficient (Wildman–Crippen LogP) is 3.20. The molecule has 0 saturated carbocycles. The summed E-state index contributed by atoms with van der Waals surface area (Å²) in [5.41, 5.74) is 1.27. The first kappa shape index (κ1) is 17.4. The average molecular weight is 327 g/mol. The molecule has 0 bridgehead atoms. The number of methoxy groups -OCH3 is 1. The van der Waals surface area contributed by atoms with Crippen LogP contribution in [0.5, 0.6) is 0 Å². The number of ether oxygens (including phenoxy) is 1. The molecule has 5 heteroatoms. The van der Waals surface area contributed by atoms with Gasteiger partial charge in [0.05, 0.1) is 7.11 Å². The van der Waals surface area contributed by atoms with Crippen molar-refractivity contribution in [3.63, 3.8) is 0 Å². The number of carbonyl (C=O) groups excluding carboxylic acids is 2. The number of amides is 1. The van der Waals surface area contributed by atoms with Crippen molar-refractivity contribution in [3.05, 3.63) is 77.6 Å². The molecule has 1 amide bonds. The highest BCUT2D eigenvalue weighted by atomic mass is 19.1. The molecule has 124 valence electrons. The van der Waals surface area contributed by atoms with E-state index in [9.17, 15) is 14.0 Å². The summed E-state index contributed by atoms with van der Waals surface area (Å²) in [7, 11) is 1.26. The molecule has 1 atom stereocenters. The van der Waals surface area contributed by atoms with Gasteiger partial charge in [-0.1, -0.05) is 42.5 Å².